The summed E-state index contributed by atoms with van der Waals surface area (Å²) in [6.07, 6.45) is 0. The van der Waals surface area contributed by atoms with Gasteiger partial charge in [-0.3, -0.25) is 0 Å². The zero-order chi connectivity index (χ0) is 5.82. The Bertz CT molecular complexity index is 138. The van der Waals surface area contributed by atoms with E-state index in [0.29, 0.717) is 6.80 Å². The predicted molar refractivity (Wildman–Crippen MR) is 35.6 cm³/mol. The minimum absolute atomic E-state index is 0.389. The van der Waals surface area contributed by atoms with Gasteiger partial charge in [-0.15, -0.1) is 0 Å². The van der Waals surface area contributed by atoms with Gasteiger partial charge in [0.1, 0.15) is 0 Å². The lowest BCUT2D eigenvalue weighted by Crippen LogP contribution is -2.01. The van der Waals surface area contributed by atoms with Gasteiger partial charge >= 0.3 is 0 Å². The highest BCUT2D eigenvalue weighted by Gasteiger charge is 1.84. The number of rotatable bonds is 1. The molecule has 0 unspecified atom stereocenters. The smallest absolute Gasteiger partial charge is 0.160 e. The van der Waals surface area contributed by atoms with Crippen LogP contribution >= 0.6 is 11.3 Å². The molecular formula is C5H6BS. The van der Waals surface area contributed by atoms with Crippen molar-refractivity contribution in [2.45, 2.75) is 6.80 Å². The summed E-state index contributed by atoms with van der Waals surface area (Å²) in [7, 11) is 1.89. The minimum atomic E-state index is 0.389. The largest absolute Gasteiger partial charge is 0.162 e. The van der Waals surface area contributed by atoms with Gasteiger partial charge in [0.25, 0.3) is 0 Å². The molecule has 7 heavy (non-hydrogen) atoms. The maximum Gasteiger partial charge on any atom is 0.162 e. The SMILES string of the molecule is [2H]C[B]c1cccs1. The molecule has 0 aromatic carbocycles. The monoisotopic (exact) mass is 110 g/mol. The van der Waals surface area contributed by atoms with E-state index in [4.69, 9.17) is 1.37 Å². The van der Waals surface area contributed by atoms with Crippen LogP contribution in [0.15, 0.2) is 17.5 Å². The molecule has 0 aliphatic rings. The Morgan fingerprint density at radius 1 is 2.00 bits per heavy atom. The fourth-order valence-electron chi connectivity index (χ4n) is 0.407. The second-order valence-electron chi connectivity index (χ2n) is 1.22. The van der Waals surface area contributed by atoms with Crippen molar-refractivity contribution in [1.29, 1.82) is 0 Å². The van der Waals surface area contributed by atoms with Crippen LogP contribution in [-0.4, -0.2) is 7.28 Å². The average molecular weight is 110 g/mol. The quantitative estimate of drug-likeness (QED) is 0.475. The normalized spacial score (nSPS) is 10.6. The highest BCUT2D eigenvalue weighted by Crippen LogP contribution is 1.89. The number of hydrogen-bond donors (Lipinski definition) is 0. The third-order valence-corrected chi connectivity index (χ3v) is 1.61. The van der Waals surface area contributed by atoms with Gasteiger partial charge in [-0.2, -0.15) is 11.3 Å². The fourth-order valence-corrected chi connectivity index (χ4v) is 0.975. The average Bonchev–Trinajstić information content (AvgIpc) is 2.19. The summed E-state index contributed by atoms with van der Waals surface area (Å²) in [4.78, 5) is 0. The van der Waals surface area contributed by atoms with Crippen molar-refractivity contribution in [2.24, 2.45) is 0 Å². The van der Waals surface area contributed by atoms with E-state index in [9.17, 15) is 0 Å². The molecule has 0 saturated carbocycles. The first-order valence-corrected chi connectivity index (χ1v) is 2.97. The van der Waals surface area contributed by atoms with Gasteiger partial charge in [0.2, 0.25) is 0 Å². The van der Waals surface area contributed by atoms with Crippen LogP contribution in [0.4, 0.5) is 0 Å². The van der Waals surface area contributed by atoms with E-state index in [1.807, 2.05) is 24.8 Å². The Morgan fingerprint density at radius 3 is 3.57 bits per heavy atom. The summed E-state index contributed by atoms with van der Waals surface area (Å²) in [6.45, 7) is 0.389. The van der Waals surface area contributed by atoms with Crippen molar-refractivity contribution >= 4 is 23.4 Å². The van der Waals surface area contributed by atoms with Crippen LogP contribution in [0.25, 0.3) is 0 Å². The first kappa shape index (κ1) is 3.73. The lowest BCUT2D eigenvalue weighted by atomic mass is 9.81. The molecular weight excluding hydrogens is 103 g/mol. The molecule has 0 saturated heterocycles. The lowest BCUT2D eigenvalue weighted by molar-refractivity contribution is 2.06. The van der Waals surface area contributed by atoms with E-state index >= 15 is 0 Å². The predicted octanol–water partition coefficient (Wildman–Crippen LogP) is 1.13. The van der Waals surface area contributed by atoms with Crippen LogP contribution in [0.1, 0.15) is 1.37 Å². The molecule has 1 aromatic heterocycles. The van der Waals surface area contributed by atoms with Crippen molar-refractivity contribution in [3.8, 4) is 0 Å². The van der Waals surface area contributed by atoms with E-state index in [1.54, 1.807) is 11.3 Å². The van der Waals surface area contributed by atoms with Gasteiger partial charge in [-0.05, 0) is 10.2 Å². The Kier molecular flexibility index (Phi) is 1.16. The van der Waals surface area contributed by atoms with Gasteiger partial charge in [0.05, 0.1) is 0 Å². The third-order valence-electron chi connectivity index (χ3n) is 0.744. The Labute approximate surface area is 49.8 Å². The first-order chi connectivity index (χ1) is 3.93. The molecule has 0 nitrogen and oxygen atoms in total. The molecule has 1 rings (SSSR count). The molecule has 35 valence electrons. The highest BCUT2D eigenvalue weighted by atomic mass is 32.1. The molecule has 1 aromatic rings. The van der Waals surface area contributed by atoms with Crippen molar-refractivity contribution in [3.05, 3.63) is 17.5 Å². The molecule has 0 aliphatic heterocycles. The number of thiophene rings is 1. The van der Waals surface area contributed by atoms with Crippen LogP contribution < -0.4 is 4.78 Å². The zero-order valence-corrected chi connectivity index (χ0v) is 4.74. The topological polar surface area (TPSA) is 0 Å². The van der Waals surface area contributed by atoms with Crippen molar-refractivity contribution < 1.29 is 1.37 Å². The zero-order valence-electron chi connectivity index (χ0n) is 4.92. The fraction of sp³-hybridized carbons (Fsp3) is 0.200. The van der Waals surface area contributed by atoms with Crippen LogP contribution in [0.3, 0.4) is 0 Å². The highest BCUT2D eigenvalue weighted by molar-refractivity contribution is 7.19. The number of hydrogen-bond acceptors (Lipinski definition) is 1. The van der Waals surface area contributed by atoms with Crippen molar-refractivity contribution in [3.63, 3.8) is 0 Å². The molecule has 1 radical (unpaired) electrons. The standard InChI is InChI=1S/C5H6BS/c1-6-5-3-2-4-7-5/h2-4H,1H3/i1D. The molecule has 0 spiro atoms. The van der Waals surface area contributed by atoms with E-state index in [-0.39, 0.29) is 0 Å². The summed E-state index contributed by atoms with van der Waals surface area (Å²) in [5.41, 5.74) is 0. The summed E-state index contributed by atoms with van der Waals surface area (Å²) < 4.78 is 8.02. The van der Waals surface area contributed by atoms with Gasteiger partial charge in [0, 0.05) is 1.37 Å². The first-order valence-electron chi connectivity index (χ1n) is 2.80. The second kappa shape index (κ2) is 2.17. The molecule has 0 atom stereocenters. The van der Waals surface area contributed by atoms with Crippen LogP contribution in [-0.2, 0) is 0 Å². The van der Waals surface area contributed by atoms with Crippen LogP contribution in [0.2, 0.25) is 6.80 Å². The van der Waals surface area contributed by atoms with E-state index in [0.717, 1.165) is 0 Å². The maximum absolute atomic E-state index is 6.83. The summed E-state index contributed by atoms with van der Waals surface area (Å²) in [5.74, 6) is 0. The second-order valence-corrected chi connectivity index (χ2v) is 2.20. The molecule has 2 heteroatoms. The summed E-state index contributed by atoms with van der Waals surface area (Å²) in [6, 6.07) is 4.01. The van der Waals surface area contributed by atoms with Gasteiger partial charge in [-0.1, -0.05) is 18.9 Å². The minimum Gasteiger partial charge on any atom is -0.160 e. The van der Waals surface area contributed by atoms with Gasteiger partial charge < -0.3 is 0 Å². The molecule has 0 amide bonds. The summed E-state index contributed by atoms with van der Waals surface area (Å²) in [5, 5.41) is 2.02. The maximum atomic E-state index is 6.83. The van der Waals surface area contributed by atoms with Crippen molar-refractivity contribution in [2.75, 3.05) is 0 Å². The van der Waals surface area contributed by atoms with Crippen LogP contribution in [0, 0.1) is 0 Å². The van der Waals surface area contributed by atoms with E-state index in [2.05, 4.69) is 0 Å². The van der Waals surface area contributed by atoms with Crippen molar-refractivity contribution in [1.82, 2.24) is 0 Å². The van der Waals surface area contributed by atoms with Crippen LogP contribution in [0.5, 0.6) is 0 Å². The molecule has 0 fully saturated rings. The molecule has 1 heterocycles. The Hall–Kier alpha value is -0.235. The van der Waals surface area contributed by atoms with Gasteiger partial charge in [-0.25, -0.2) is 0 Å². The molecule has 0 N–H and O–H groups in total. The third kappa shape index (κ3) is 1.06. The Balaban J connectivity index is 2.50. The van der Waals surface area contributed by atoms with E-state index in [1.165, 1.54) is 4.78 Å². The molecule has 0 aliphatic carbocycles. The Morgan fingerprint density at radius 2 is 3.00 bits per heavy atom. The molecule has 0 bridgehead atoms. The summed E-state index contributed by atoms with van der Waals surface area (Å²) >= 11 is 1.67. The van der Waals surface area contributed by atoms with Gasteiger partial charge in [0.15, 0.2) is 7.28 Å². The van der Waals surface area contributed by atoms with E-state index < -0.39 is 0 Å². The lowest BCUT2D eigenvalue weighted by Gasteiger charge is -1.76.